The molecule has 0 aromatic heterocycles. The maximum Gasteiger partial charge on any atom is 0.159 e. The largest absolute Gasteiger partial charge is 0.397 e. The number of nitrogens with two attached hydrogens (primary N) is 1. The Morgan fingerprint density at radius 1 is 1.12 bits per heavy atom. The summed E-state index contributed by atoms with van der Waals surface area (Å²) in [6, 6.07) is 4.02. The zero-order valence-electron chi connectivity index (χ0n) is 20.7. The molecule has 4 aliphatic rings. The molecule has 0 saturated heterocycles. The number of fused-ring (bicyclic) bond motifs is 5. The summed E-state index contributed by atoms with van der Waals surface area (Å²) < 4.78 is 13.2. The topological polar surface area (TPSA) is 88.0 Å². The molecule has 0 amide bonds. The van der Waals surface area contributed by atoms with Crippen molar-refractivity contribution in [3.63, 3.8) is 0 Å². The van der Waals surface area contributed by atoms with Crippen LogP contribution in [0.25, 0.3) is 0 Å². The van der Waals surface area contributed by atoms with Gasteiger partial charge in [-0.1, -0.05) is 13.8 Å². The summed E-state index contributed by atoms with van der Waals surface area (Å²) >= 11 is 0. The number of carbonyl (C=O) groups is 1. The van der Waals surface area contributed by atoms with Gasteiger partial charge in [-0.2, -0.15) is 10.2 Å². The van der Waals surface area contributed by atoms with E-state index in [1.54, 1.807) is 0 Å². The zero-order chi connectivity index (χ0) is 24.1. The van der Waals surface area contributed by atoms with Crippen molar-refractivity contribution < 1.29 is 14.3 Å². The predicted octanol–water partition coefficient (Wildman–Crippen LogP) is 6.47. The van der Waals surface area contributed by atoms with Crippen LogP contribution in [0.5, 0.6) is 0 Å². The number of halogens is 1. The van der Waals surface area contributed by atoms with Crippen molar-refractivity contribution in [3.8, 4) is 0 Å². The van der Waals surface area contributed by atoms with Crippen LogP contribution in [0.1, 0.15) is 78.1 Å². The molecule has 6 heteroatoms. The van der Waals surface area contributed by atoms with Crippen molar-refractivity contribution in [2.24, 2.45) is 51.2 Å². The fraction of sp³-hybridized carbons (Fsp3) is 0.750. The first-order valence-electron chi connectivity index (χ1n) is 13.4. The summed E-state index contributed by atoms with van der Waals surface area (Å²) in [7, 11) is 0. The van der Waals surface area contributed by atoms with E-state index in [2.05, 4.69) is 24.1 Å². The second kappa shape index (κ2) is 9.00. The number of hydrogen-bond acceptors (Lipinski definition) is 5. The molecule has 0 bridgehead atoms. The van der Waals surface area contributed by atoms with Gasteiger partial charge in [0.15, 0.2) is 5.78 Å². The lowest BCUT2D eigenvalue weighted by atomic mass is 9.48. The highest BCUT2D eigenvalue weighted by Gasteiger charge is 2.58. The average molecular weight is 470 g/mol. The van der Waals surface area contributed by atoms with E-state index in [1.807, 2.05) is 0 Å². The molecule has 5 nitrogen and oxygen atoms in total. The Bertz CT molecular complexity index is 967. The highest BCUT2D eigenvalue weighted by Crippen LogP contribution is 2.64. The molecule has 0 unspecified atom stereocenters. The van der Waals surface area contributed by atoms with E-state index in [1.165, 1.54) is 43.9 Å². The molecule has 8 atom stereocenters. The lowest BCUT2D eigenvalue weighted by Crippen LogP contribution is -2.51. The van der Waals surface area contributed by atoms with Crippen LogP contribution >= 0.6 is 0 Å². The summed E-state index contributed by atoms with van der Waals surface area (Å²) in [5.74, 6) is 3.40. The highest BCUT2D eigenvalue weighted by atomic mass is 19.1. The number of aliphatic hydroxyl groups is 1. The van der Waals surface area contributed by atoms with Crippen molar-refractivity contribution in [2.45, 2.75) is 83.7 Å². The summed E-state index contributed by atoms with van der Waals surface area (Å²) in [5, 5.41) is 19.2. The fourth-order valence-electron chi connectivity index (χ4n) is 8.72. The Balaban J connectivity index is 1.24. The minimum atomic E-state index is -0.435. The molecule has 4 saturated carbocycles. The van der Waals surface area contributed by atoms with Crippen molar-refractivity contribution in [1.82, 2.24) is 0 Å². The average Bonchev–Trinajstić information content (AvgIpc) is 3.17. The van der Waals surface area contributed by atoms with Gasteiger partial charge in [-0.05, 0) is 117 Å². The number of nitrogen functional groups attached to an aromatic ring is 1. The Kier molecular flexibility index (Phi) is 6.33. The molecule has 0 aliphatic heterocycles. The van der Waals surface area contributed by atoms with Crippen LogP contribution in [-0.4, -0.2) is 23.0 Å². The van der Waals surface area contributed by atoms with Gasteiger partial charge in [0.2, 0.25) is 0 Å². The van der Waals surface area contributed by atoms with Crippen molar-refractivity contribution in [1.29, 1.82) is 0 Å². The number of azo groups is 1. The van der Waals surface area contributed by atoms with E-state index >= 15 is 0 Å². The second-order valence-electron chi connectivity index (χ2n) is 12.0. The molecule has 4 fully saturated rings. The first-order valence-corrected chi connectivity index (χ1v) is 13.4. The lowest BCUT2D eigenvalue weighted by molar-refractivity contribution is -0.131. The van der Waals surface area contributed by atoms with Gasteiger partial charge >= 0.3 is 0 Å². The van der Waals surface area contributed by atoms with Gasteiger partial charge < -0.3 is 10.8 Å². The number of benzene rings is 1. The minimum absolute atomic E-state index is 0.0530. The van der Waals surface area contributed by atoms with Crippen LogP contribution in [0.15, 0.2) is 28.4 Å². The van der Waals surface area contributed by atoms with Gasteiger partial charge in [-0.3, -0.25) is 4.79 Å². The van der Waals surface area contributed by atoms with Gasteiger partial charge in [0.25, 0.3) is 0 Å². The maximum absolute atomic E-state index is 13.3. The zero-order valence-corrected chi connectivity index (χ0v) is 20.7. The van der Waals surface area contributed by atoms with E-state index in [0.717, 1.165) is 56.3 Å². The number of carbonyl (C=O) groups excluding carboxylic acids is 1. The Morgan fingerprint density at radius 3 is 2.68 bits per heavy atom. The van der Waals surface area contributed by atoms with Crippen LogP contribution < -0.4 is 5.73 Å². The van der Waals surface area contributed by atoms with Gasteiger partial charge in [0, 0.05) is 5.92 Å². The number of rotatable bonds is 5. The molecule has 0 radical (unpaired) electrons. The van der Waals surface area contributed by atoms with Crippen LogP contribution in [0, 0.1) is 46.7 Å². The smallest absolute Gasteiger partial charge is 0.159 e. The molecule has 3 N–H and O–H groups in total. The van der Waals surface area contributed by atoms with Gasteiger partial charge in [0.1, 0.15) is 18.0 Å². The summed E-state index contributed by atoms with van der Waals surface area (Å²) in [4.78, 5) is 13.3. The van der Waals surface area contributed by atoms with Crippen molar-refractivity contribution >= 4 is 17.2 Å². The quantitative estimate of drug-likeness (QED) is 0.382. The molecule has 4 aliphatic carbocycles. The van der Waals surface area contributed by atoms with Crippen LogP contribution in [0.2, 0.25) is 0 Å². The van der Waals surface area contributed by atoms with E-state index in [-0.39, 0.29) is 29.3 Å². The first kappa shape index (κ1) is 23.9. The Morgan fingerprint density at radius 2 is 1.91 bits per heavy atom. The van der Waals surface area contributed by atoms with E-state index < -0.39 is 11.4 Å². The molecule has 0 spiro atoms. The van der Waals surface area contributed by atoms with Crippen LogP contribution in [0.4, 0.5) is 15.8 Å². The second-order valence-corrected chi connectivity index (χ2v) is 12.0. The first-order chi connectivity index (χ1) is 16.2. The lowest BCUT2D eigenvalue weighted by Gasteiger charge is -2.57. The Labute approximate surface area is 202 Å². The number of hydrogen-bond donors (Lipinski definition) is 2. The van der Waals surface area contributed by atoms with Crippen LogP contribution in [0.3, 0.4) is 0 Å². The number of nitrogens with zero attached hydrogens (tertiary/aromatic N) is 2. The highest BCUT2D eigenvalue weighted by molar-refractivity contribution is 5.84. The normalized spacial score (nSPS) is 41.6. The van der Waals surface area contributed by atoms with E-state index in [4.69, 9.17) is 5.73 Å². The third-order valence-corrected chi connectivity index (χ3v) is 10.5. The molecule has 34 heavy (non-hydrogen) atoms. The Hall–Kier alpha value is -1.82. The van der Waals surface area contributed by atoms with E-state index in [9.17, 15) is 14.3 Å². The molecular weight excluding hydrogens is 429 g/mol. The number of anilines is 1. The minimum Gasteiger partial charge on any atom is -0.397 e. The monoisotopic (exact) mass is 469 g/mol. The number of Topliss-reactive ketones (excluding diaryl/α,β-unsaturated/α-hetero) is 1. The third-order valence-electron chi connectivity index (χ3n) is 10.5. The number of ketones is 1. The molecular formula is C28H40FN3O2. The standard InChI is InChI=1S/C28H40FN3O2/c1-3-28(34)13-11-19-17(15-28)4-6-21-20(19)10-12-27(2)22(21)7-8-23(27)26(33)16-31-32-25-9-5-18(29)14-24(25)30/h5,9,14,17,19-23,34H,3-4,6-8,10-13,15-16,30H2,1-2H3/t17-,19+,20-,21-,22+,23-,27+,28-/m1/s1. The summed E-state index contributed by atoms with van der Waals surface area (Å²) in [5.41, 5.74) is 6.08. The fourth-order valence-corrected chi connectivity index (χ4v) is 8.72. The molecule has 1 aromatic carbocycles. The van der Waals surface area contributed by atoms with Gasteiger partial charge in [-0.25, -0.2) is 4.39 Å². The molecule has 0 heterocycles. The maximum atomic E-state index is 13.3. The van der Waals surface area contributed by atoms with Crippen molar-refractivity contribution in [2.75, 3.05) is 12.3 Å². The predicted molar refractivity (Wildman–Crippen MR) is 131 cm³/mol. The van der Waals surface area contributed by atoms with Gasteiger partial charge in [0.05, 0.1) is 11.3 Å². The SMILES string of the molecule is CC[C@@]1(O)CC[C@H]2[C@H](CC[C@@H]3[C@@H]2CC[C@]2(C)[C@@H](C(=O)CN=Nc4ccc(F)cc4N)CC[C@@H]32)C1. The van der Waals surface area contributed by atoms with Crippen molar-refractivity contribution in [3.05, 3.63) is 24.0 Å². The van der Waals surface area contributed by atoms with Gasteiger partial charge in [-0.15, -0.1) is 0 Å². The third kappa shape index (κ3) is 4.10. The molecule has 186 valence electrons. The summed E-state index contributed by atoms with van der Waals surface area (Å²) in [6.07, 6.45) is 11.0. The summed E-state index contributed by atoms with van der Waals surface area (Å²) in [6.45, 7) is 4.56. The van der Waals surface area contributed by atoms with E-state index in [0.29, 0.717) is 17.5 Å². The van der Waals surface area contributed by atoms with Crippen LogP contribution in [-0.2, 0) is 4.79 Å². The molecule has 5 rings (SSSR count). The molecule has 1 aromatic rings.